The quantitative estimate of drug-likeness (QED) is 0.734. The first-order valence-electron chi connectivity index (χ1n) is 5.41. The van der Waals surface area contributed by atoms with Crippen molar-refractivity contribution in [1.82, 2.24) is 5.32 Å². The largest absolute Gasteiger partial charge is 0.469 e. The third-order valence-electron chi connectivity index (χ3n) is 2.27. The van der Waals surface area contributed by atoms with Gasteiger partial charge < -0.3 is 9.73 Å². The zero-order valence-corrected chi connectivity index (χ0v) is 10.6. The van der Waals surface area contributed by atoms with Crippen molar-refractivity contribution in [2.45, 2.75) is 25.8 Å². The first-order valence-corrected chi connectivity index (χ1v) is 7.47. The van der Waals surface area contributed by atoms with Gasteiger partial charge >= 0.3 is 0 Å². The van der Waals surface area contributed by atoms with Crippen LogP contribution in [-0.4, -0.2) is 33.0 Å². The Morgan fingerprint density at radius 3 is 2.81 bits per heavy atom. The van der Waals surface area contributed by atoms with Gasteiger partial charge in [-0.25, -0.2) is 8.42 Å². The number of furan rings is 1. The molecule has 16 heavy (non-hydrogen) atoms. The Hall–Kier alpha value is -0.810. The fourth-order valence-electron chi connectivity index (χ4n) is 1.49. The van der Waals surface area contributed by atoms with Crippen LogP contribution in [0, 0.1) is 0 Å². The summed E-state index contributed by atoms with van der Waals surface area (Å²) in [6.45, 7) is 2.78. The molecule has 0 aromatic carbocycles. The summed E-state index contributed by atoms with van der Waals surface area (Å²) in [4.78, 5) is 0. The second-order valence-corrected chi connectivity index (χ2v) is 6.38. The predicted octanol–water partition coefficient (Wildman–Crippen LogP) is 1.23. The fraction of sp³-hybridized carbons (Fsp3) is 0.636. The highest BCUT2D eigenvalue weighted by molar-refractivity contribution is 7.90. The van der Waals surface area contributed by atoms with E-state index in [9.17, 15) is 8.42 Å². The van der Waals surface area contributed by atoms with E-state index in [4.69, 9.17) is 4.42 Å². The van der Waals surface area contributed by atoms with E-state index >= 15 is 0 Å². The van der Waals surface area contributed by atoms with Crippen LogP contribution in [0.3, 0.4) is 0 Å². The lowest BCUT2D eigenvalue weighted by Crippen LogP contribution is -2.29. The first-order chi connectivity index (χ1) is 7.47. The summed E-state index contributed by atoms with van der Waals surface area (Å²) in [5.74, 6) is 1.19. The van der Waals surface area contributed by atoms with Crippen LogP contribution in [0.4, 0.5) is 0 Å². The molecular weight excluding hydrogens is 226 g/mol. The van der Waals surface area contributed by atoms with Crippen LogP contribution in [0.15, 0.2) is 22.8 Å². The molecule has 5 heteroatoms. The van der Waals surface area contributed by atoms with Gasteiger partial charge in [-0.2, -0.15) is 0 Å². The Morgan fingerprint density at radius 1 is 1.50 bits per heavy atom. The summed E-state index contributed by atoms with van der Waals surface area (Å²) in [6, 6.07) is 4.10. The maximum Gasteiger partial charge on any atom is 0.147 e. The Morgan fingerprint density at radius 2 is 2.25 bits per heavy atom. The molecular formula is C11H19NO3S. The Balaban J connectivity index is 2.14. The number of sulfone groups is 1. The summed E-state index contributed by atoms with van der Waals surface area (Å²) >= 11 is 0. The van der Waals surface area contributed by atoms with Crippen molar-refractivity contribution in [2.24, 2.45) is 0 Å². The van der Waals surface area contributed by atoms with Gasteiger partial charge in [0.25, 0.3) is 0 Å². The molecule has 0 saturated carbocycles. The molecule has 1 rings (SSSR count). The Kier molecular flexibility index (Phi) is 5.02. The molecule has 92 valence electrons. The van der Waals surface area contributed by atoms with E-state index in [1.807, 2.05) is 12.1 Å². The highest BCUT2D eigenvalue weighted by Crippen LogP contribution is 2.03. The molecule has 1 N–H and O–H groups in total. The van der Waals surface area contributed by atoms with E-state index < -0.39 is 9.84 Å². The highest BCUT2D eigenvalue weighted by Gasteiger charge is 2.06. The maximum absolute atomic E-state index is 10.9. The van der Waals surface area contributed by atoms with Gasteiger partial charge in [-0.05, 0) is 32.0 Å². The molecule has 0 amide bonds. The number of hydrogen-bond acceptors (Lipinski definition) is 4. The minimum absolute atomic E-state index is 0.244. The van der Waals surface area contributed by atoms with Gasteiger partial charge in [0.2, 0.25) is 0 Å². The van der Waals surface area contributed by atoms with Gasteiger partial charge in [-0.3, -0.25) is 0 Å². The van der Waals surface area contributed by atoms with E-state index in [2.05, 4.69) is 12.2 Å². The zero-order chi connectivity index (χ0) is 12.0. The molecule has 0 saturated heterocycles. The summed E-state index contributed by atoms with van der Waals surface area (Å²) in [6.07, 6.45) is 4.40. The highest BCUT2D eigenvalue weighted by atomic mass is 32.2. The number of nitrogens with one attached hydrogen (secondary N) is 1. The standard InChI is InChI=1S/C11H19NO3S/c1-10(9-11-5-3-7-15-11)12-6-4-8-16(2,13)14/h3,5,7,10,12H,4,6,8-9H2,1-2H3. The van der Waals surface area contributed by atoms with E-state index in [1.165, 1.54) is 6.26 Å². The van der Waals surface area contributed by atoms with E-state index in [0.717, 1.165) is 18.7 Å². The lowest BCUT2D eigenvalue weighted by atomic mass is 10.2. The maximum atomic E-state index is 10.9. The van der Waals surface area contributed by atoms with Crippen molar-refractivity contribution < 1.29 is 12.8 Å². The lowest BCUT2D eigenvalue weighted by Gasteiger charge is -2.11. The Bertz CT molecular complexity index is 383. The van der Waals surface area contributed by atoms with E-state index in [0.29, 0.717) is 12.5 Å². The lowest BCUT2D eigenvalue weighted by molar-refractivity contribution is 0.457. The average molecular weight is 245 g/mol. The van der Waals surface area contributed by atoms with Crippen LogP contribution in [-0.2, 0) is 16.3 Å². The van der Waals surface area contributed by atoms with Gasteiger partial charge in [0.15, 0.2) is 0 Å². The molecule has 0 radical (unpaired) electrons. The Labute approximate surface area is 97.0 Å². The van der Waals surface area contributed by atoms with Crippen LogP contribution in [0.2, 0.25) is 0 Å². The molecule has 0 bridgehead atoms. The van der Waals surface area contributed by atoms with Crippen LogP contribution in [0.25, 0.3) is 0 Å². The normalized spacial score (nSPS) is 13.9. The molecule has 1 unspecified atom stereocenters. The summed E-state index contributed by atoms with van der Waals surface area (Å²) in [7, 11) is -2.83. The zero-order valence-electron chi connectivity index (χ0n) is 9.77. The molecule has 0 fully saturated rings. The van der Waals surface area contributed by atoms with Gasteiger partial charge in [-0.15, -0.1) is 0 Å². The van der Waals surface area contributed by atoms with Gasteiger partial charge in [0.05, 0.1) is 12.0 Å². The number of rotatable bonds is 7. The van der Waals surface area contributed by atoms with E-state index in [1.54, 1.807) is 6.26 Å². The first kappa shape index (κ1) is 13.3. The molecule has 1 aromatic heterocycles. The molecule has 1 heterocycles. The molecule has 0 aliphatic rings. The van der Waals surface area contributed by atoms with Gasteiger partial charge in [0.1, 0.15) is 15.6 Å². The monoisotopic (exact) mass is 245 g/mol. The minimum atomic E-state index is -2.83. The fourth-order valence-corrected chi connectivity index (χ4v) is 2.15. The topological polar surface area (TPSA) is 59.3 Å². The van der Waals surface area contributed by atoms with Crippen LogP contribution in [0.1, 0.15) is 19.1 Å². The van der Waals surface area contributed by atoms with Gasteiger partial charge in [0, 0.05) is 18.7 Å². The third-order valence-corrected chi connectivity index (χ3v) is 3.30. The molecule has 0 aliphatic carbocycles. The minimum Gasteiger partial charge on any atom is -0.469 e. The SMILES string of the molecule is CC(Cc1ccco1)NCCCS(C)(=O)=O. The van der Waals surface area contributed by atoms with Crippen molar-refractivity contribution in [3.63, 3.8) is 0 Å². The van der Waals surface area contributed by atoms with Crippen LogP contribution >= 0.6 is 0 Å². The molecule has 0 spiro atoms. The van der Waals surface area contributed by atoms with Crippen molar-refractivity contribution in [3.05, 3.63) is 24.2 Å². The molecule has 4 nitrogen and oxygen atoms in total. The second-order valence-electron chi connectivity index (χ2n) is 4.12. The smallest absolute Gasteiger partial charge is 0.147 e. The van der Waals surface area contributed by atoms with Crippen molar-refractivity contribution in [2.75, 3.05) is 18.6 Å². The van der Waals surface area contributed by atoms with Crippen LogP contribution < -0.4 is 5.32 Å². The molecule has 0 aliphatic heterocycles. The summed E-state index contributed by atoms with van der Waals surface area (Å²) < 4.78 is 27.0. The van der Waals surface area contributed by atoms with E-state index in [-0.39, 0.29) is 5.75 Å². The van der Waals surface area contributed by atoms with Crippen molar-refractivity contribution in [3.8, 4) is 0 Å². The van der Waals surface area contributed by atoms with Crippen LogP contribution in [0.5, 0.6) is 0 Å². The van der Waals surface area contributed by atoms with Crippen molar-refractivity contribution in [1.29, 1.82) is 0 Å². The molecule has 1 aromatic rings. The summed E-state index contributed by atoms with van der Waals surface area (Å²) in [5, 5.41) is 3.27. The average Bonchev–Trinajstić information content (AvgIpc) is 2.63. The predicted molar refractivity (Wildman–Crippen MR) is 64.2 cm³/mol. The second kappa shape index (κ2) is 6.06. The van der Waals surface area contributed by atoms with Gasteiger partial charge in [-0.1, -0.05) is 0 Å². The number of hydrogen-bond donors (Lipinski definition) is 1. The molecule has 1 atom stereocenters. The third kappa shape index (κ3) is 5.92. The summed E-state index contributed by atoms with van der Waals surface area (Å²) in [5.41, 5.74) is 0. The van der Waals surface area contributed by atoms with Crippen molar-refractivity contribution >= 4 is 9.84 Å².